The monoisotopic (exact) mass is 428 g/mol. The van der Waals surface area contributed by atoms with Crippen LogP contribution in [0.4, 0.5) is 9.59 Å². The van der Waals surface area contributed by atoms with Gasteiger partial charge in [0.05, 0.1) is 12.0 Å². The average Bonchev–Trinajstić information content (AvgIpc) is 3.12. The van der Waals surface area contributed by atoms with E-state index in [-0.39, 0.29) is 5.78 Å². The number of ketones is 1. The molecule has 1 aliphatic rings. The summed E-state index contributed by atoms with van der Waals surface area (Å²) in [5.41, 5.74) is 2.27. The van der Waals surface area contributed by atoms with Crippen molar-refractivity contribution in [1.82, 2.24) is 10.4 Å². The first-order valence-electron chi connectivity index (χ1n) is 10.3. The molecule has 0 radical (unpaired) electrons. The first-order chi connectivity index (χ1) is 14.3. The molecule has 0 saturated carbocycles. The fourth-order valence-corrected chi connectivity index (χ4v) is 3.15. The van der Waals surface area contributed by atoms with Gasteiger partial charge in [0.25, 0.3) is 0 Å². The van der Waals surface area contributed by atoms with Gasteiger partial charge in [-0.25, -0.2) is 20.0 Å². The third kappa shape index (κ3) is 6.98. The maximum absolute atomic E-state index is 13.2. The van der Waals surface area contributed by atoms with Gasteiger partial charge in [0.2, 0.25) is 0 Å². The van der Waals surface area contributed by atoms with E-state index in [1.807, 2.05) is 12.1 Å². The predicted molar refractivity (Wildman–Crippen MR) is 119 cm³/mol. The van der Waals surface area contributed by atoms with Gasteiger partial charge in [-0.2, -0.15) is 0 Å². The lowest BCUT2D eigenvalue weighted by Gasteiger charge is -2.34. The minimum Gasteiger partial charge on any atom is -0.443 e. The Morgan fingerprint density at radius 2 is 1.74 bits per heavy atom. The minimum atomic E-state index is -0.801. The standard InChI is InChI=1S/C24H32N2O5/c1-8-16-11-9-12-17(15-16)20(27)18-13-10-14-19(18)26(22(29)31-24(5,6)7)25-21(28)30-23(2,3)4/h8-13,15,18-19H,1,14H2,2-7H3,(H,25,28)/t18-,19-/m0/s1. The van der Waals surface area contributed by atoms with Crippen molar-refractivity contribution in [2.45, 2.75) is 65.2 Å². The van der Waals surface area contributed by atoms with Crippen LogP contribution in [0.2, 0.25) is 0 Å². The third-order valence-corrected chi connectivity index (χ3v) is 4.38. The molecule has 0 spiro atoms. The SMILES string of the molecule is C=Cc1cccc(C(=O)[C@H]2C=CC[C@@H]2N(NC(=O)OC(C)(C)C)C(=O)OC(C)(C)C)c1. The number of nitrogens with zero attached hydrogens (tertiary/aromatic N) is 1. The molecule has 7 heteroatoms. The Balaban J connectivity index is 2.32. The predicted octanol–water partition coefficient (Wildman–Crippen LogP) is 5.13. The molecule has 31 heavy (non-hydrogen) atoms. The van der Waals surface area contributed by atoms with Gasteiger partial charge >= 0.3 is 12.2 Å². The number of nitrogens with one attached hydrogen (secondary N) is 1. The van der Waals surface area contributed by atoms with E-state index in [0.29, 0.717) is 12.0 Å². The van der Waals surface area contributed by atoms with E-state index in [1.165, 1.54) is 0 Å². The summed E-state index contributed by atoms with van der Waals surface area (Å²) in [6.45, 7) is 14.1. The van der Waals surface area contributed by atoms with Crippen molar-refractivity contribution < 1.29 is 23.9 Å². The lowest BCUT2D eigenvalue weighted by molar-refractivity contribution is -0.0120. The van der Waals surface area contributed by atoms with Crippen molar-refractivity contribution in [3.63, 3.8) is 0 Å². The summed E-state index contributed by atoms with van der Waals surface area (Å²) in [4.78, 5) is 38.6. The number of hydrogen-bond acceptors (Lipinski definition) is 5. The molecule has 0 bridgehead atoms. The highest BCUT2D eigenvalue weighted by molar-refractivity contribution is 6.00. The van der Waals surface area contributed by atoms with E-state index < -0.39 is 35.3 Å². The first-order valence-corrected chi connectivity index (χ1v) is 10.3. The number of Topliss-reactive ketones (excluding diaryl/α,β-unsaturated/α-hetero) is 1. The van der Waals surface area contributed by atoms with Crippen LogP contribution in [-0.2, 0) is 9.47 Å². The topological polar surface area (TPSA) is 84.9 Å². The zero-order valence-corrected chi connectivity index (χ0v) is 19.1. The molecule has 7 nitrogen and oxygen atoms in total. The molecule has 0 unspecified atom stereocenters. The Morgan fingerprint density at radius 3 is 2.32 bits per heavy atom. The maximum Gasteiger partial charge on any atom is 0.429 e. The fraction of sp³-hybridized carbons (Fsp3) is 0.458. The second-order valence-electron chi connectivity index (χ2n) is 9.41. The molecule has 0 fully saturated rings. The van der Waals surface area contributed by atoms with E-state index in [0.717, 1.165) is 10.6 Å². The highest BCUT2D eigenvalue weighted by atomic mass is 16.6. The van der Waals surface area contributed by atoms with Crippen LogP contribution >= 0.6 is 0 Å². The maximum atomic E-state index is 13.2. The molecule has 0 aliphatic heterocycles. The molecule has 1 N–H and O–H groups in total. The first kappa shape index (κ1) is 24.2. The van der Waals surface area contributed by atoms with E-state index in [4.69, 9.17) is 9.47 Å². The van der Waals surface area contributed by atoms with Crippen LogP contribution in [0.15, 0.2) is 43.0 Å². The molecule has 1 aliphatic carbocycles. The second kappa shape index (κ2) is 9.37. The summed E-state index contributed by atoms with van der Waals surface area (Å²) in [6.07, 6.45) is 4.05. The average molecular weight is 429 g/mol. The molecule has 0 saturated heterocycles. The van der Waals surface area contributed by atoms with Gasteiger partial charge in [-0.1, -0.05) is 43.0 Å². The van der Waals surface area contributed by atoms with Gasteiger partial charge in [-0.15, -0.1) is 0 Å². The summed E-state index contributed by atoms with van der Waals surface area (Å²) >= 11 is 0. The van der Waals surface area contributed by atoms with Crippen molar-refractivity contribution in [3.05, 3.63) is 54.1 Å². The number of ether oxygens (including phenoxy) is 2. The summed E-state index contributed by atoms with van der Waals surface area (Å²) in [5, 5.41) is 1.07. The van der Waals surface area contributed by atoms with Crippen LogP contribution < -0.4 is 5.43 Å². The Kier molecular flexibility index (Phi) is 7.31. The van der Waals surface area contributed by atoms with E-state index in [1.54, 1.807) is 71.9 Å². The van der Waals surface area contributed by atoms with Crippen molar-refractivity contribution in [1.29, 1.82) is 0 Å². The normalized spacial score (nSPS) is 18.3. The summed E-state index contributed by atoms with van der Waals surface area (Å²) in [7, 11) is 0. The molecular weight excluding hydrogens is 396 g/mol. The smallest absolute Gasteiger partial charge is 0.429 e. The molecule has 0 heterocycles. The highest BCUT2D eigenvalue weighted by Gasteiger charge is 2.40. The van der Waals surface area contributed by atoms with Crippen LogP contribution in [-0.4, -0.2) is 40.2 Å². The zero-order chi connectivity index (χ0) is 23.4. The van der Waals surface area contributed by atoms with Crippen LogP contribution in [0.25, 0.3) is 6.08 Å². The van der Waals surface area contributed by atoms with Crippen molar-refractivity contribution in [3.8, 4) is 0 Å². The minimum absolute atomic E-state index is 0.165. The Bertz CT molecular complexity index is 877. The zero-order valence-electron chi connectivity index (χ0n) is 19.1. The number of benzene rings is 1. The number of hydrazine groups is 1. The third-order valence-electron chi connectivity index (χ3n) is 4.38. The van der Waals surface area contributed by atoms with Gasteiger partial charge in [-0.05, 0) is 59.6 Å². The highest BCUT2D eigenvalue weighted by Crippen LogP contribution is 2.28. The van der Waals surface area contributed by atoms with Gasteiger partial charge < -0.3 is 9.47 Å². The van der Waals surface area contributed by atoms with Crippen LogP contribution in [0, 0.1) is 5.92 Å². The van der Waals surface area contributed by atoms with Crippen LogP contribution in [0.3, 0.4) is 0 Å². The summed E-state index contributed by atoms with van der Waals surface area (Å²) in [5.74, 6) is -0.815. The molecule has 2 rings (SSSR count). The van der Waals surface area contributed by atoms with Crippen LogP contribution in [0.5, 0.6) is 0 Å². The quantitative estimate of drug-likeness (QED) is 0.408. The molecule has 1 aromatic rings. The fourth-order valence-electron chi connectivity index (χ4n) is 3.15. The summed E-state index contributed by atoms with van der Waals surface area (Å²) in [6, 6.07) is 6.45. The van der Waals surface area contributed by atoms with Crippen molar-refractivity contribution in [2.75, 3.05) is 0 Å². The molecule has 168 valence electrons. The van der Waals surface area contributed by atoms with Crippen LogP contribution in [0.1, 0.15) is 63.9 Å². The number of rotatable bonds is 4. The number of amides is 2. The Labute approximate surface area is 184 Å². The van der Waals surface area contributed by atoms with E-state index in [9.17, 15) is 14.4 Å². The molecular formula is C24H32N2O5. The molecule has 0 aromatic heterocycles. The Hall–Kier alpha value is -3.09. The molecule has 1 aromatic carbocycles. The second-order valence-corrected chi connectivity index (χ2v) is 9.41. The van der Waals surface area contributed by atoms with E-state index >= 15 is 0 Å². The largest absolute Gasteiger partial charge is 0.443 e. The number of carbonyl (C=O) groups excluding carboxylic acids is 3. The lowest BCUT2D eigenvalue weighted by atomic mass is 9.92. The van der Waals surface area contributed by atoms with Gasteiger partial charge in [-0.3, -0.25) is 4.79 Å². The van der Waals surface area contributed by atoms with Gasteiger partial charge in [0.1, 0.15) is 11.2 Å². The van der Waals surface area contributed by atoms with E-state index in [2.05, 4.69) is 12.0 Å². The van der Waals surface area contributed by atoms with Crippen molar-refractivity contribution in [2.24, 2.45) is 5.92 Å². The number of hydrogen-bond donors (Lipinski definition) is 1. The van der Waals surface area contributed by atoms with Gasteiger partial charge in [0, 0.05) is 5.56 Å². The molecule has 2 atom stereocenters. The summed E-state index contributed by atoms with van der Waals surface area (Å²) < 4.78 is 10.8. The van der Waals surface area contributed by atoms with Crippen molar-refractivity contribution >= 4 is 24.0 Å². The molecule has 2 amide bonds. The van der Waals surface area contributed by atoms with Gasteiger partial charge in [0.15, 0.2) is 5.78 Å². The lowest BCUT2D eigenvalue weighted by Crippen LogP contribution is -2.56. The number of carbonyl (C=O) groups is 3. The Morgan fingerprint density at radius 1 is 1.10 bits per heavy atom.